The molecule has 0 heterocycles. The van der Waals surface area contributed by atoms with Gasteiger partial charge in [0.1, 0.15) is 0 Å². The smallest absolute Gasteiger partial charge is 0.241 e. The van der Waals surface area contributed by atoms with Crippen molar-refractivity contribution in [2.45, 2.75) is 63.9 Å². The van der Waals surface area contributed by atoms with Gasteiger partial charge in [0.25, 0.3) is 0 Å². The molecule has 114 valence electrons. The van der Waals surface area contributed by atoms with Gasteiger partial charge in [0, 0.05) is 12.1 Å². The molecule has 1 aromatic carbocycles. The summed E-state index contributed by atoms with van der Waals surface area (Å²) in [5, 5.41) is 0. The number of hydrogen-bond acceptors (Lipinski definition) is 3. The molecule has 0 unspecified atom stereocenters. The van der Waals surface area contributed by atoms with Crippen LogP contribution in [0.4, 0.5) is 0 Å². The zero-order chi connectivity index (χ0) is 15.4. The van der Waals surface area contributed by atoms with E-state index in [9.17, 15) is 8.42 Å². The molecule has 0 amide bonds. The lowest BCUT2D eigenvalue weighted by atomic mass is 9.91. The van der Waals surface area contributed by atoms with E-state index >= 15 is 0 Å². The largest absolute Gasteiger partial charge is 0.326 e. The monoisotopic (exact) mass is 298 g/mol. The Labute approximate surface area is 122 Å². The van der Waals surface area contributed by atoms with E-state index in [4.69, 9.17) is 5.73 Å². The van der Waals surface area contributed by atoms with E-state index < -0.39 is 10.0 Å². The van der Waals surface area contributed by atoms with Crippen LogP contribution < -0.4 is 10.5 Å². The van der Waals surface area contributed by atoms with E-state index in [1.54, 1.807) is 19.1 Å². The molecule has 20 heavy (non-hydrogen) atoms. The highest BCUT2D eigenvalue weighted by atomic mass is 32.2. The predicted molar refractivity (Wildman–Crippen MR) is 83.0 cm³/mol. The average molecular weight is 298 g/mol. The fourth-order valence-electron chi connectivity index (χ4n) is 2.45. The lowest BCUT2D eigenvalue weighted by Gasteiger charge is -2.31. The number of nitrogens with two attached hydrogens (primary N) is 1. The number of benzene rings is 1. The van der Waals surface area contributed by atoms with Crippen LogP contribution in [0.2, 0.25) is 0 Å². The first-order valence-corrected chi connectivity index (χ1v) is 8.66. The zero-order valence-electron chi connectivity index (χ0n) is 12.9. The standard InChI is InChI=1S/C15H26N2O2S/c1-5-15(6-2,7-3)17-20(18,19)14-9-8-13(11-16)10-12(14)4/h8-10,17H,5-7,11,16H2,1-4H3. The molecule has 0 aliphatic carbocycles. The zero-order valence-corrected chi connectivity index (χ0v) is 13.7. The third kappa shape index (κ3) is 3.59. The summed E-state index contributed by atoms with van der Waals surface area (Å²) in [6, 6.07) is 5.25. The Hall–Kier alpha value is -0.910. The van der Waals surface area contributed by atoms with Gasteiger partial charge in [-0.25, -0.2) is 13.1 Å². The first-order chi connectivity index (χ1) is 9.34. The maximum absolute atomic E-state index is 12.6. The third-order valence-corrected chi connectivity index (χ3v) is 5.88. The molecule has 0 spiro atoms. The highest BCUT2D eigenvalue weighted by Crippen LogP contribution is 2.24. The summed E-state index contributed by atoms with van der Waals surface area (Å²) >= 11 is 0. The van der Waals surface area contributed by atoms with Crippen LogP contribution in [0, 0.1) is 6.92 Å². The Morgan fingerprint density at radius 2 is 1.70 bits per heavy atom. The molecule has 0 aliphatic heterocycles. The Morgan fingerprint density at radius 3 is 2.10 bits per heavy atom. The Bertz CT molecular complexity index is 541. The molecule has 0 saturated heterocycles. The molecule has 1 aromatic rings. The molecule has 0 fully saturated rings. The van der Waals surface area contributed by atoms with Gasteiger partial charge < -0.3 is 5.73 Å². The highest BCUT2D eigenvalue weighted by Gasteiger charge is 2.30. The molecule has 0 saturated carbocycles. The van der Waals surface area contributed by atoms with Gasteiger partial charge in [-0.05, 0) is 43.4 Å². The minimum absolute atomic E-state index is 0.342. The van der Waals surface area contributed by atoms with E-state index in [1.165, 1.54) is 0 Å². The van der Waals surface area contributed by atoms with Gasteiger partial charge in [-0.1, -0.05) is 32.9 Å². The van der Waals surface area contributed by atoms with E-state index in [0.717, 1.165) is 30.4 Å². The average Bonchev–Trinajstić information content (AvgIpc) is 2.44. The van der Waals surface area contributed by atoms with Crippen molar-refractivity contribution in [3.63, 3.8) is 0 Å². The SMILES string of the molecule is CCC(CC)(CC)NS(=O)(=O)c1ccc(CN)cc1C. The maximum Gasteiger partial charge on any atom is 0.241 e. The molecule has 0 aliphatic rings. The Morgan fingerprint density at radius 1 is 1.15 bits per heavy atom. The predicted octanol–water partition coefficient (Wildman–Crippen LogP) is 2.70. The van der Waals surface area contributed by atoms with Gasteiger partial charge in [0.2, 0.25) is 10.0 Å². The molecule has 0 atom stereocenters. The van der Waals surface area contributed by atoms with Gasteiger partial charge in [-0.2, -0.15) is 0 Å². The van der Waals surface area contributed by atoms with Crippen LogP contribution in [-0.4, -0.2) is 14.0 Å². The first kappa shape index (κ1) is 17.1. The molecule has 4 nitrogen and oxygen atoms in total. The number of aryl methyl sites for hydroxylation is 1. The van der Waals surface area contributed by atoms with E-state index in [-0.39, 0.29) is 5.54 Å². The van der Waals surface area contributed by atoms with Crippen molar-refractivity contribution >= 4 is 10.0 Å². The number of nitrogens with one attached hydrogen (secondary N) is 1. The van der Waals surface area contributed by atoms with Gasteiger partial charge in [0.15, 0.2) is 0 Å². The number of rotatable bonds is 7. The lowest BCUT2D eigenvalue weighted by molar-refractivity contribution is 0.341. The fraction of sp³-hybridized carbons (Fsp3) is 0.600. The van der Waals surface area contributed by atoms with Crippen LogP contribution in [0.1, 0.15) is 51.2 Å². The van der Waals surface area contributed by atoms with Gasteiger partial charge in [-0.3, -0.25) is 0 Å². The number of sulfonamides is 1. The second-order valence-corrected chi connectivity index (χ2v) is 6.90. The van der Waals surface area contributed by atoms with Crippen LogP contribution >= 0.6 is 0 Å². The highest BCUT2D eigenvalue weighted by molar-refractivity contribution is 7.89. The van der Waals surface area contributed by atoms with Gasteiger partial charge >= 0.3 is 0 Å². The van der Waals surface area contributed by atoms with Crippen LogP contribution in [0.3, 0.4) is 0 Å². The summed E-state index contributed by atoms with van der Waals surface area (Å²) in [5.41, 5.74) is 6.89. The minimum atomic E-state index is -3.50. The van der Waals surface area contributed by atoms with Gasteiger partial charge in [0.05, 0.1) is 4.90 Å². The molecular weight excluding hydrogens is 272 g/mol. The summed E-state index contributed by atoms with van der Waals surface area (Å²) < 4.78 is 28.1. The quantitative estimate of drug-likeness (QED) is 0.813. The van der Waals surface area contributed by atoms with Crippen LogP contribution in [-0.2, 0) is 16.6 Å². The third-order valence-electron chi connectivity index (χ3n) is 4.15. The van der Waals surface area contributed by atoms with Crippen LogP contribution in [0.5, 0.6) is 0 Å². The van der Waals surface area contributed by atoms with E-state index in [2.05, 4.69) is 4.72 Å². The van der Waals surface area contributed by atoms with Crippen molar-refractivity contribution in [1.29, 1.82) is 0 Å². The Balaban J connectivity index is 3.17. The van der Waals surface area contributed by atoms with Crippen molar-refractivity contribution in [3.8, 4) is 0 Å². The molecular formula is C15H26N2O2S. The Kier molecular flexibility index (Phi) is 5.74. The first-order valence-electron chi connectivity index (χ1n) is 7.17. The van der Waals surface area contributed by atoms with Crippen molar-refractivity contribution < 1.29 is 8.42 Å². The summed E-state index contributed by atoms with van der Waals surface area (Å²) in [5.74, 6) is 0. The minimum Gasteiger partial charge on any atom is -0.326 e. The summed E-state index contributed by atoms with van der Waals surface area (Å²) in [6.07, 6.45) is 2.33. The molecule has 5 heteroatoms. The molecule has 3 N–H and O–H groups in total. The van der Waals surface area contributed by atoms with E-state index in [1.807, 2.05) is 26.8 Å². The summed E-state index contributed by atoms with van der Waals surface area (Å²) in [6.45, 7) is 8.26. The van der Waals surface area contributed by atoms with Crippen LogP contribution in [0.25, 0.3) is 0 Å². The molecule has 0 bridgehead atoms. The normalized spacial score (nSPS) is 12.7. The number of hydrogen-bond donors (Lipinski definition) is 2. The summed E-state index contributed by atoms with van der Waals surface area (Å²) in [7, 11) is -3.50. The molecule has 0 aromatic heterocycles. The van der Waals surface area contributed by atoms with Crippen LogP contribution in [0.15, 0.2) is 23.1 Å². The van der Waals surface area contributed by atoms with E-state index in [0.29, 0.717) is 11.4 Å². The second kappa shape index (κ2) is 6.70. The van der Waals surface area contributed by atoms with Crippen molar-refractivity contribution in [1.82, 2.24) is 4.72 Å². The van der Waals surface area contributed by atoms with Crippen molar-refractivity contribution in [2.24, 2.45) is 5.73 Å². The van der Waals surface area contributed by atoms with Gasteiger partial charge in [-0.15, -0.1) is 0 Å². The lowest BCUT2D eigenvalue weighted by Crippen LogP contribution is -2.47. The maximum atomic E-state index is 12.6. The molecule has 1 rings (SSSR count). The van der Waals surface area contributed by atoms with Crippen molar-refractivity contribution in [2.75, 3.05) is 0 Å². The van der Waals surface area contributed by atoms with Crippen molar-refractivity contribution in [3.05, 3.63) is 29.3 Å². The second-order valence-electron chi connectivity index (χ2n) is 5.25. The fourth-order valence-corrected chi connectivity index (χ4v) is 4.29. The summed E-state index contributed by atoms with van der Waals surface area (Å²) in [4.78, 5) is 0.342. The molecule has 0 radical (unpaired) electrons. The topological polar surface area (TPSA) is 72.2 Å².